The quantitative estimate of drug-likeness (QED) is 0.117. The van der Waals surface area contributed by atoms with Gasteiger partial charge in [0.2, 0.25) is 5.91 Å². The first kappa shape index (κ1) is 39.4. The van der Waals surface area contributed by atoms with Gasteiger partial charge in [0, 0.05) is 18.5 Å². The van der Waals surface area contributed by atoms with Gasteiger partial charge in [-0.1, -0.05) is 96.2 Å². The van der Waals surface area contributed by atoms with Gasteiger partial charge in [-0.25, -0.2) is 14.8 Å². The number of aromatic amines is 2. The maximum Gasteiger partial charge on any atom is 0.407 e. The van der Waals surface area contributed by atoms with E-state index >= 15 is 0 Å². The molecule has 4 aromatic carbocycles. The number of fused-ring (bicyclic) bond motifs is 1. The van der Waals surface area contributed by atoms with Gasteiger partial charge in [0.05, 0.1) is 43.0 Å². The van der Waals surface area contributed by atoms with E-state index in [0.717, 1.165) is 70.5 Å². The lowest BCUT2D eigenvalue weighted by Gasteiger charge is -2.30. The van der Waals surface area contributed by atoms with Gasteiger partial charge in [0.15, 0.2) is 5.58 Å². The fourth-order valence-corrected chi connectivity index (χ4v) is 8.74. The number of rotatable bonds is 11. The number of ether oxygens (including phenoxy) is 1. The molecular weight excluding hydrogens is 771 g/mol. The average molecular weight is 818 g/mol. The van der Waals surface area contributed by atoms with Gasteiger partial charge >= 0.3 is 6.09 Å². The summed E-state index contributed by atoms with van der Waals surface area (Å²) in [4.78, 5) is 62.4. The Kier molecular flexibility index (Phi) is 10.9. The molecule has 2 fully saturated rings. The van der Waals surface area contributed by atoms with E-state index in [1.165, 1.54) is 7.11 Å². The third-order valence-electron chi connectivity index (χ3n) is 11.9. The number of benzene rings is 4. The number of likely N-dealkylation sites (N-methyl/N-ethyl adjacent to an activating group) is 1. The van der Waals surface area contributed by atoms with Gasteiger partial charge in [-0.15, -0.1) is 0 Å². The first-order chi connectivity index (χ1) is 29.8. The summed E-state index contributed by atoms with van der Waals surface area (Å²) < 4.78 is 10.4. The summed E-state index contributed by atoms with van der Waals surface area (Å²) in [5.74, 6) is 1.24. The monoisotopic (exact) mass is 817 g/mol. The van der Waals surface area contributed by atoms with Crippen LogP contribution >= 0.6 is 0 Å². The highest BCUT2D eigenvalue weighted by molar-refractivity contribution is 5.90. The lowest BCUT2D eigenvalue weighted by Crippen LogP contribution is -2.42. The molecule has 0 radical (unpaired) electrons. The molecule has 2 saturated heterocycles. The molecule has 9 rings (SSSR count). The predicted octanol–water partition coefficient (Wildman–Crippen LogP) is 8.00. The van der Waals surface area contributed by atoms with Crippen LogP contribution in [0.15, 0.2) is 120 Å². The molecule has 0 bridgehead atoms. The van der Waals surface area contributed by atoms with Crippen molar-refractivity contribution in [3.8, 4) is 33.6 Å². The number of nitrogens with one attached hydrogen (secondary N) is 3. The Balaban J connectivity index is 0.864. The van der Waals surface area contributed by atoms with E-state index in [0.29, 0.717) is 35.8 Å². The van der Waals surface area contributed by atoms with Gasteiger partial charge < -0.3 is 34.3 Å². The zero-order valence-electron chi connectivity index (χ0n) is 34.2. The lowest BCUT2D eigenvalue weighted by molar-refractivity contribution is -0.137. The second kappa shape index (κ2) is 16.9. The molecule has 0 spiro atoms. The summed E-state index contributed by atoms with van der Waals surface area (Å²) in [5, 5.41) is 7.88. The highest BCUT2D eigenvalue weighted by Gasteiger charge is 2.40. The van der Waals surface area contributed by atoms with Crippen molar-refractivity contribution in [1.82, 2.24) is 45.1 Å². The van der Waals surface area contributed by atoms with E-state index in [4.69, 9.17) is 19.2 Å². The van der Waals surface area contributed by atoms with E-state index in [9.17, 15) is 14.4 Å². The fourth-order valence-electron chi connectivity index (χ4n) is 8.74. The first-order valence-electron chi connectivity index (χ1n) is 20.6. The summed E-state index contributed by atoms with van der Waals surface area (Å²) in [6.07, 6.45) is 6.26. The lowest BCUT2D eigenvalue weighted by atomic mass is 10.0. The Morgan fingerprint density at radius 2 is 1.25 bits per heavy atom. The molecule has 0 aliphatic carbocycles. The first-order valence-corrected chi connectivity index (χ1v) is 20.6. The number of para-hydroxylation sites is 1. The molecule has 7 aromatic rings. The van der Waals surface area contributed by atoms with Gasteiger partial charge in [0.1, 0.15) is 29.4 Å². The molecule has 2 aliphatic rings. The topological polar surface area (TPSA) is 166 Å². The van der Waals surface area contributed by atoms with E-state index in [-0.39, 0.29) is 23.9 Å². The Morgan fingerprint density at radius 1 is 0.721 bits per heavy atom. The van der Waals surface area contributed by atoms with Crippen molar-refractivity contribution in [3.63, 3.8) is 0 Å². The molecule has 14 nitrogen and oxygen atoms in total. The second-order valence-electron chi connectivity index (χ2n) is 15.8. The maximum absolute atomic E-state index is 14.2. The molecular formula is C47H47N9O5. The molecule has 4 atom stereocenters. The molecule has 14 heteroatoms. The van der Waals surface area contributed by atoms with E-state index in [1.807, 2.05) is 84.7 Å². The summed E-state index contributed by atoms with van der Waals surface area (Å²) in [5.41, 5.74) is 7.80. The van der Waals surface area contributed by atoms with Crippen molar-refractivity contribution in [1.29, 1.82) is 0 Å². The fraction of sp³-hybridized carbons (Fsp3) is 0.277. The zero-order chi connectivity index (χ0) is 42.0. The van der Waals surface area contributed by atoms with Gasteiger partial charge in [-0.2, -0.15) is 0 Å². The zero-order valence-corrected chi connectivity index (χ0v) is 34.2. The Hall–Kier alpha value is -7.06. The smallest absolute Gasteiger partial charge is 0.407 e. The third-order valence-corrected chi connectivity index (χ3v) is 11.9. The molecule has 5 heterocycles. The third kappa shape index (κ3) is 7.77. The average Bonchev–Trinajstić information content (AvgIpc) is 4.15. The molecule has 3 aromatic heterocycles. The Labute approximate surface area is 352 Å². The highest BCUT2D eigenvalue weighted by atomic mass is 16.5. The summed E-state index contributed by atoms with van der Waals surface area (Å²) in [6, 6.07) is 31.6. The molecule has 2 aliphatic heterocycles. The predicted molar refractivity (Wildman–Crippen MR) is 230 cm³/mol. The van der Waals surface area contributed by atoms with Crippen LogP contribution in [0.2, 0.25) is 0 Å². The summed E-state index contributed by atoms with van der Waals surface area (Å²) in [6.45, 7) is 1.20. The van der Waals surface area contributed by atoms with Crippen LogP contribution in [0.25, 0.3) is 44.6 Å². The van der Waals surface area contributed by atoms with Crippen molar-refractivity contribution < 1.29 is 23.6 Å². The minimum absolute atomic E-state index is 0.0242. The summed E-state index contributed by atoms with van der Waals surface area (Å²) in [7, 11) is 5.07. The number of alkyl carbamates (subject to hydrolysis) is 1. The van der Waals surface area contributed by atoms with Gasteiger partial charge in [-0.3, -0.25) is 14.5 Å². The van der Waals surface area contributed by atoms with Crippen molar-refractivity contribution in [2.45, 2.75) is 49.9 Å². The number of hydrogen-bond acceptors (Lipinski definition) is 9. The highest BCUT2D eigenvalue weighted by Crippen LogP contribution is 2.38. The largest absolute Gasteiger partial charge is 0.453 e. The van der Waals surface area contributed by atoms with Crippen LogP contribution in [0.4, 0.5) is 4.79 Å². The van der Waals surface area contributed by atoms with Crippen LogP contribution in [-0.2, 0) is 14.3 Å². The molecule has 61 heavy (non-hydrogen) atoms. The van der Waals surface area contributed by atoms with E-state index < -0.39 is 18.2 Å². The maximum atomic E-state index is 14.2. The Bertz CT molecular complexity index is 2650. The number of carbonyl (C=O) groups is 3. The van der Waals surface area contributed by atoms with Crippen LogP contribution < -0.4 is 5.32 Å². The number of aromatic nitrogens is 5. The van der Waals surface area contributed by atoms with Crippen molar-refractivity contribution in [2.24, 2.45) is 0 Å². The SMILES string of the molecule is COC(=O)N[C@@H](C(=O)N1CCC[C@H]1c1ncc(-c2ccc(-c3ccc(-c4cnc([C@@H]5CCCN5C(=O)C(c5noc6ccccc56)N(C)C)[nH]4)cc3)cc2)[nH]1)c1ccccc1. The number of nitrogens with zero attached hydrogens (tertiary/aromatic N) is 6. The van der Waals surface area contributed by atoms with E-state index in [1.54, 1.807) is 11.1 Å². The summed E-state index contributed by atoms with van der Waals surface area (Å²) >= 11 is 0. The molecule has 0 saturated carbocycles. The number of hydrogen-bond donors (Lipinski definition) is 3. The van der Waals surface area contributed by atoms with Crippen molar-refractivity contribution >= 4 is 28.9 Å². The number of likely N-dealkylation sites (tertiary alicyclic amines) is 2. The number of H-pyrrole nitrogens is 2. The molecule has 3 amide bonds. The van der Waals surface area contributed by atoms with E-state index in [2.05, 4.69) is 69.0 Å². The molecule has 310 valence electrons. The number of carbonyl (C=O) groups excluding carboxylic acids is 3. The number of amides is 3. The minimum Gasteiger partial charge on any atom is -0.453 e. The van der Waals surface area contributed by atoms with Crippen LogP contribution in [0.3, 0.4) is 0 Å². The number of imidazole rings is 2. The standard InChI is InChI=1S/C47H47N9O5/c1-54(2)42(41-34-13-7-8-16-39(34)61-53-41)46(58)56-26-10-15-38(56)44-49-28-36(51-44)32-23-19-30(20-24-32)29-17-21-31(22-18-29)35-27-48-43(50-35)37-14-9-25-55(37)45(57)40(52-47(59)60-3)33-11-5-4-6-12-33/h4-8,11-13,16-24,27-28,37-38,40,42H,9-10,14-15,25-26H2,1-3H3,(H,48,50)(H,49,51)(H,52,59)/t37-,38-,40+,42?/m0/s1. The number of methoxy groups -OCH3 is 1. The molecule has 3 N–H and O–H groups in total. The molecule has 1 unspecified atom stereocenters. The van der Waals surface area contributed by atoms with Gasteiger partial charge in [-0.05, 0) is 79.7 Å². The van der Waals surface area contributed by atoms with Crippen molar-refractivity contribution in [2.75, 3.05) is 34.3 Å². The van der Waals surface area contributed by atoms with Crippen LogP contribution in [-0.4, -0.2) is 92.0 Å². The Morgan fingerprint density at radius 3 is 1.80 bits per heavy atom. The second-order valence-corrected chi connectivity index (χ2v) is 15.8. The van der Waals surface area contributed by atoms with Gasteiger partial charge in [0.25, 0.3) is 5.91 Å². The van der Waals surface area contributed by atoms with Crippen LogP contribution in [0, 0.1) is 0 Å². The minimum atomic E-state index is -0.877. The van der Waals surface area contributed by atoms with Crippen LogP contribution in [0.1, 0.15) is 72.8 Å². The normalized spacial score (nSPS) is 17.5. The van der Waals surface area contributed by atoms with Crippen LogP contribution in [0.5, 0.6) is 0 Å². The van der Waals surface area contributed by atoms with Crippen molar-refractivity contribution in [3.05, 3.63) is 138 Å².